The summed E-state index contributed by atoms with van der Waals surface area (Å²) in [6.45, 7) is 0. The minimum absolute atomic E-state index is 0.0175. The summed E-state index contributed by atoms with van der Waals surface area (Å²) in [4.78, 5) is 12.1. The van der Waals surface area contributed by atoms with E-state index in [1.54, 1.807) is 30.3 Å². The Morgan fingerprint density at radius 1 is 1.21 bits per heavy atom. The van der Waals surface area contributed by atoms with E-state index in [0.717, 1.165) is 5.82 Å². The molecule has 1 heterocycles. The monoisotopic (exact) mass is 276 g/mol. The van der Waals surface area contributed by atoms with E-state index in [-0.39, 0.29) is 5.78 Å². The second-order valence-corrected chi connectivity index (χ2v) is 5.66. The number of nitrogens with one attached hydrogen (secondary N) is 2. The largest absolute Gasteiger partial charge is 0.367 e. The van der Waals surface area contributed by atoms with Gasteiger partial charge in [0.25, 0.3) is 0 Å². The first kappa shape index (κ1) is 12.5. The summed E-state index contributed by atoms with van der Waals surface area (Å²) in [6.07, 6.45) is 6.54. The van der Waals surface area contributed by atoms with E-state index >= 15 is 0 Å². The highest BCUT2D eigenvalue weighted by Gasteiger charge is 2.31. The summed E-state index contributed by atoms with van der Waals surface area (Å²) in [7, 11) is 0. The van der Waals surface area contributed by atoms with E-state index in [9.17, 15) is 4.79 Å². The first-order valence-electron chi connectivity index (χ1n) is 6.77. The fraction of sp³-hybridized carbons (Fsp3) is 0.400. The third-order valence-corrected chi connectivity index (χ3v) is 4.07. The Balaban J connectivity index is 1.74. The number of allylic oxidation sites excluding steroid dienone is 1. The lowest BCUT2D eigenvalue weighted by molar-refractivity contribution is 0.104. The van der Waals surface area contributed by atoms with Gasteiger partial charge < -0.3 is 10.6 Å². The van der Waals surface area contributed by atoms with Crippen LogP contribution in [0, 0.1) is 0 Å². The third-order valence-electron chi connectivity index (χ3n) is 3.83. The van der Waals surface area contributed by atoms with Gasteiger partial charge in [0.2, 0.25) is 0 Å². The maximum Gasteiger partial charge on any atom is 0.189 e. The Morgan fingerprint density at radius 3 is 2.53 bits per heavy atom. The quantitative estimate of drug-likeness (QED) is 0.645. The lowest BCUT2D eigenvalue weighted by Gasteiger charge is -2.23. The zero-order valence-corrected chi connectivity index (χ0v) is 11.4. The maximum atomic E-state index is 12.1. The van der Waals surface area contributed by atoms with Crippen molar-refractivity contribution in [3.63, 3.8) is 0 Å². The maximum absolute atomic E-state index is 12.1. The van der Waals surface area contributed by atoms with E-state index in [1.165, 1.54) is 25.7 Å². The van der Waals surface area contributed by atoms with E-state index in [0.29, 0.717) is 22.7 Å². The topological polar surface area (TPSA) is 41.1 Å². The molecule has 2 N–H and O–H groups in total. The van der Waals surface area contributed by atoms with Crippen LogP contribution in [0.1, 0.15) is 36.0 Å². The molecule has 3 nitrogen and oxygen atoms in total. The molecule has 1 aromatic rings. The number of hydrogen-bond donors (Lipinski definition) is 2. The lowest BCUT2D eigenvalue weighted by atomic mass is 9.92. The molecule has 0 unspecified atom stereocenters. The molecule has 1 saturated heterocycles. The van der Waals surface area contributed by atoms with Crippen molar-refractivity contribution in [1.29, 1.82) is 0 Å². The van der Waals surface area contributed by atoms with Crippen LogP contribution in [-0.2, 0) is 0 Å². The normalized spacial score (nSPS) is 27.5. The number of ketones is 1. The molecule has 2 aliphatic rings. The van der Waals surface area contributed by atoms with Crippen LogP contribution in [0.2, 0.25) is 5.02 Å². The van der Waals surface area contributed by atoms with Crippen molar-refractivity contribution in [1.82, 2.24) is 10.6 Å². The Labute approximate surface area is 118 Å². The van der Waals surface area contributed by atoms with Crippen molar-refractivity contribution < 1.29 is 4.79 Å². The summed E-state index contributed by atoms with van der Waals surface area (Å²) in [5.74, 6) is 0.832. The van der Waals surface area contributed by atoms with Crippen molar-refractivity contribution in [2.24, 2.45) is 0 Å². The first-order chi connectivity index (χ1) is 9.22. The van der Waals surface area contributed by atoms with Crippen molar-refractivity contribution in [3.8, 4) is 0 Å². The number of rotatable bonds is 2. The first-order valence-corrected chi connectivity index (χ1v) is 7.15. The van der Waals surface area contributed by atoms with Gasteiger partial charge in [-0.05, 0) is 25.0 Å². The summed E-state index contributed by atoms with van der Waals surface area (Å²) < 4.78 is 0. The molecule has 0 bridgehead atoms. The van der Waals surface area contributed by atoms with Gasteiger partial charge in [0, 0.05) is 28.7 Å². The average Bonchev–Trinajstić information content (AvgIpc) is 2.80. The van der Waals surface area contributed by atoms with Crippen molar-refractivity contribution in [2.45, 2.75) is 37.8 Å². The van der Waals surface area contributed by atoms with Gasteiger partial charge in [0.1, 0.15) is 5.82 Å². The molecule has 1 saturated carbocycles. The molecular weight excluding hydrogens is 260 g/mol. The second kappa shape index (κ2) is 5.25. The molecule has 0 amide bonds. The highest BCUT2D eigenvalue weighted by molar-refractivity contribution is 6.31. The number of halogens is 1. The molecule has 1 aromatic carbocycles. The Kier molecular flexibility index (Phi) is 3.47. The van der Waals surface area contributed by atoms with Gasteiger partial charge in [0.05, 0.1) is 0 Å². The average molecular weight is 277 g/mol. The van der Waals surface area contributed by atoms with Crippen LogP contribution in [-0.4, -0.2) is 17.9 Å². The number of carbonyl (C=O) groups excluding carboxylic acids is 1. The second-order valence-electron chi connectivity index (χ2n) is 5.22. The third kappa shape index (κ3) is 2.76. The molecule has 2 fully saturated rings. The van der Waals surface area contributed by atoms with Crippen LogP contribution in [0.3, 0.4) is 0 Å². The highest BCUT2D eigenvalue weighted by atomic mass is 35.5. The zero-order chi connectivity index (χ0) is 13.2. The lowest BCUT2D eigenvalue weighted by Crippen LogP contribution is -2.36. The molecule has 0 radical (unpaired) electrons. The van der Waals surface area contributed by atoms with Gasteiger partial charge in [-0.1, -0.05) is 36.6 Å². The van der Waals surface area contributed by atoms with E-state index in [4.69, 9.17) is 11.6 Å². The van der Waals surface area contributed by atoms with Gasteiger partial charge in [-0.2, -0.15) is 0 Å². The van der Waals surface area contributed by atoms with Gasteiger partial charge in [-0.3, -0.25) is 4.79 Å². The van der Waals surface area contributed by atoms with Crippen molar-refractivity contribution >= 4 is 17.4 Å². The highest BCUT2D eigenvalue weighted by Crippen LogP contribution is 2.24. The molecule has 3 rings (SSSR count). The number of hydrogen-bond acceptors (Lipinski definition) is 3. The standard InChI is InChI=1S/C15H17ClN2O/c16-11-5-3-4-10(8-11)14(19)9-15-17-12-6-1-2-7-13(12)18-15/h3-5,8-9,12-13,17-18H,1-2,6-7H2/t12-,13+. The summed E-state index contributed by atoms with van der Waals surface area (Å²) in [5, 5.41) is 7.40. The molecule has 0 aromatic heterocycles. The van der Waals surface area contributed by atoms with E-state index in [2.05, 4.69) is 10.6 Å². The number of benzene rings is 1. The number of carbonyl (C=O) groups is 1. The molecular formula is C15H17ClN2O. The molecule has 4 heteroatoms. The fourth-order valence-electron chi connectivity index (χ4n) is 2.86. The van der Waals surface area contributed by atoms with Crippen LogP contribution in [0.5, 0.6) is 0 Å². The Hall–Kier alpha value is -1.48. The van der Waals surface area contributed by atoms with E-state index < -0.39 is 0 Å². The number of fused-ring (bicyclic) bond motifs is 1. The van der Waals surface area contributed by atoms with Gasteiger partial charge >= 0.3 is 0 Å². The van der Waals surface area contributed by atoms with Crippen LogP contribution in [0.25, 0.3) is 0 Å². The summed E-state index contributed by atoms with van der Waals surface area (Å²) in [5.41, 5.74) is 0.624. The van der Waals surface area contributed by atoms with Crippen molar-refractivity contribution in [2.75, 3.05) is 0 Å². The summed E-state index contributed by atoms with van der Waals surface area (Å²) in [6, 6.07) is 8.01. The van der Waals surface area contributed by atoms with Crippen molar-refractivity contribution in [3.05, 3.63) is 46.7 Å². The van der Waals surface area contributed by atoms with Crippen LogP contribution in [0.15, 0.2) is 36.2 Å². The Bertz CT molecular complexity index is 511. The fourth-order valence-corrected chi connectivity index (χ4v) is 3.05. The van der Waals surface area contributed by atoms with Crippen LogP contribution >= 0.6 is 11.6 Å². The van der Waals surface area contributed by atoms with Crippen LogP contribution in [0.4, 0.5) is 0 Å². The summed E-state index contributed by atoms with van der Waals surface area (Å²) >= 11 is 5.90. The minimum atomic E-state index is -0.0175. The predicted molar refractivity (Wildman–Crippen MR) is 76.2 cm³/mol. The zero-order valence-electron chi connectivity index (χ0n) is 10.7. The Morgan fingerprint density at radius 2 is 1.89 bits per heavy atom. The minimum Gasteiger partial charge on any atom is -0.367 e. The van der Waals surface area contributed by atoms with Crippen LogP contribution < -0.4 is 10.6 Å². The predicted octanol–water partition coefficient (Wildman–Crippen LogP) is 2.87. The molecule has 2 atom stereocenters. The molecule has 19 heavy (non-hydrogen) atoms. The van der Waals surface area contributed by atoms with Gasteiger partial charge in [-0.25, -0.2) is 0 Å². The SMILES string of the molecule is O=C(C=C1N[C@H]2CCCC[C@H]2N1)c1cccc(Cl)c1. The molecule has 100 valence electrons. The molecule has 1 aliphatic carbocycles. The smallest absolute Gasteiger partial charge is 0.189 e. The molecule has 0 spiro atoms. The van der Waals surface area contributed by atoms with E-state index in [1.807, 2.05) is 0 Å². The van der Waals surface area contributed by atoms with Gasteiger partial charge in [-0.15, -0.1) is 0 Å². The van der Waals surface area contributed by atoms with Gasteiger partial charge in [0.15, 0.2) is 5.78 Å². The molecule has 1 aliphatic heterocycles.